The van der Waals surface area contributed by atoms with Crippen LogP contribution in [0.2, 0.25) is 0 Å². The normalized spacial score (nSPS) is 22.0. The van der Waals surface area contributed by atoms with E-state index in [4.69, 9.17) is 5.73 Å². The predicted octanol–water partition coefficient (Wildman–Crippen LogP) is -2.15. The summed E-state index contributed by atoms with van der Waals surface area (Å²) in [7, 11) is 0. The van der Waals surface area contributed by atoms with E-state index in [0.717, 1.165) is 5.69 Å². The van der Waals surface area contributed by atoms with Gasteiger partial charge in [0.2, 0.25) is 5.91 Å². The third-order valence-electron chi connectivity index (χ3n) is 4.03. The molecule has 25 heavy (non-hydrogen) atoms. The monoisotopic (exact) mass is 403 g/mol. The van der Waals surface area contributed by atoms with Gasteiger partial charge in [-0.15, -0.1) is 24.2 Å². The predicted molar refractivity (Wildman–Crippen MR) is 93.5 cm³/mol. The van der Waals surface area contributed by atoms with Crippen LogP contribution in [0, 0.1) is 6.92 Å². The van der Waals surface area contributed by atoms with Crippen molar-refractivity contribution in [3.63, 3.8) is 0 Å². The lowest BCUT2D eigenvalue weighted by Crippen LogP contribution is -3.00. The highest BCUT2D eigenvalue weighted by Gasteiger charge is 2.51. The smallest absolute Gasteiger partial charge is 0.352 e. The number of aryl methyl sites for hydroxylation is 1. The molecule has 9 heteroatoms. The molecule has 1 amide bonds. The number of aromatic nitrogens is 1. The van der Waals surface area contributed by atoms with Crippen LogP contribution in [0.25, 0.3) is 0 Å². The van der Waals surface area contributed by atoms with E-state index in [1.807, 2.05) is 37.4 Å². The average Bonchev–Trinajstić information content (AvgIpc) is 2.55. The molecule has 0 unspecified atom stereocenters. The lowest BCUT2D eigenvalue weighted by atomic mass is 10.0. The van der Waals surface area contributed by atoms with Gasteiger partial charge in [-0.05, 0) is 11.6 Å². The molecule has 0 spiro atoms. The van der Waals surface area contributed by atoms with Crippen molar-refractivity contribution < 1.29 is 31.7 Å². The third kappa shape index (κ3) is 4.00. The van der Waals surface area contributed by atoms with Crippen LogP contribution in [-0.4, -0.2) is 39.1 Å². The number of thioether (sulfide) groups is 1. The summed E-state index contributed by atoms with van der Waals surface area (Å²) in [6.07, 6.45) is 5.68. The minimum absolute atomic E-state index is 0. The third-order valence-corrected chi connectivity index (χ3v) is 5.35. The first-order chi connectivity index (χ1) is 11.0. The number of carbonyl (C=O) groups is 2. The number of carboxylic acids is 1. The molecule has 1 aromatic heterocycles. The topological polar surface area (TPSA) is 87.5 Å². The number of hydrogen-bond acceptors (Lipinski definition) is 4. The zero-order valence-electron chi connectivity index (χ0n) is 13.5. The van der Waals surface area contributed by atoms with Crippen molar-refractivity contribution in [3.05, 3.63) is 53.5 Å². The molecule has 0 saturated carbocycles. The molecule has 0 aliphatic carbocycles. The molecule has 6 nitrogen and oxygen atoms in total. The van der Waals surface area contributed by atoms with Crippen molar-refractivity contribution in [2.24, 2.45) is 5.73 Å². The molecule has 0 bridgehead atoms. The Morgan fingerprint density at radius 1 is 1.52 bits per heavy atom. The molecule has 3 heterocycles. The van der Waals surface area contributed by atoms with E-state index in [9.17, 15) is 14.7 Å². The number of aliphatic carboxylic acids is 1. The quantitative estimate of drug-likeness (QED) is 0.441. The number of carbonyl (C=O) groups excluding carboxylic acids is 1. The average molecular weight is 404 g/mol. The summed E-state index contributed by atoms with van der Waals surface area (Å²) in [6.45, 7) is 2.65. The molecule has 2 atom stereocenters. The van der Waals surface area contributed by atoms with Gasteiger partial charge in [-0.25, -0.2) is 4.79 Å². The van der Waals surface area contributed by atoms with E-state index in [-0.39, 0.29) is 41.8 Å². The number of pyridine rings is 1. The number of nitrogens with two attached hydrogens (primary N) is 1. The molecule has 3 rings (SSSR count). The maximum atomic E-state index is 11.9. The highest BCUT2D eigenvalue weighted by Crippen LogP contribution is 2.39. The molecular formula is C16H19Cl2N3O3S. The second-order valence-electron chi connectivity index (χ2n) is 5.51. The van der Waals surface area contributed by atoms with Crippen LogP contribution in [0.4, 0.5) is 0 Å². The first-order valence-electron chi connectivity index (χ1n) is 7.29. The molecular weight excluding hydrogens is 385 g/mol. The van der Waals surface area contributed by atoms with Gasteiger partial charge in [-0.1, -0.05) is 12.1 Å². The van der Waals surface area contributed by atoms with Gasteiger partial charge in [0.15, 0.2) is 18.4 Å². The van der Waals surface area contributed by atoms with E-state index in [1.54, 1.807) is 6.08 Å². The molecule has 136 valence electrons. The summed E-state index contributed by atoms with van der Waals surface area (Å²) >= 11 is 1.50. The van der Waals surface area contributed by atoms with E-state index in [2.05, 4.69) is 4.57 Å². The van der Waals surface area contributed by atoms with Crippen LogP contribution in [0.15, 0.2) is 47.8 Å². The Balaban J connectivity index is 0.00000156. The Morgan fingerprint density at radius 2 is 2.24 bits per heavy atom. The minimum Gasteiger partial charge on any atom is -1.00 e. The summed E-state index contributed by atoms with van der Waals surface area (Å²) < 4.78 is 2.06. The number of carboxylic acid groups (broad SMARTS) is 1. The Bertz CT molecular complexity index is 739. The fourth-order valence-corrected chi connectivity index (χ4v) is 4.01. The number of nitrogens with zero attached hydrogens (tertiary/aromatic N) is 2. The second kappa shape index (κ2) is 8.71. The SMILES string of the molecule is Cc1cccc[n+]1C/C=C/C1=C(C(=O)O)N2C(=O)[C@@H](N)[C@H]2SC1.Cl.[Cl-]. The summed E-state index contributed by atoms with van der Waals surface area (Å²) in [5, 5.41) is 9.20. The van der Waals surface area contributed by atoms with Gasteiger partial charge < -0.3 is 23.2 Å². The van der Waals surface area contributed by atoms with Crippen LogP contribution in [0.5, 0.6) is 0 Å². The highest BCUT2D eigenvalue weighted by atomic mass is 35.5. The van der Waals surface area contributed by atoms with Crippen LogP contribution in [-0.2, 0) is 16.1 Å². The van der Waals surface area contributed by atoms with Crippen molar-refractivity contribution in [1.29, 1.82) is 0 Å². The number of amides is 1. The van der Waals surface area contributed by atoms with Gasteiger partial charge in [0, 0.05) is 24.8 Å². The molecule has 1 fully saturated rings. The largest absolute Gasteiger partial charge is 1.00 e. The van der Waals surface area contributed by atoms with E-state index in [1.165, 1.54) is 16.7 Å². The first-order valence-corrected chi connectivity index (χ1v) is 8.34. The van der Waals surface area contributed by atoms with Crippen LogP contribution >= 0.6 is 24.2 Å². The lowest BCUT2D eigenvalue weighted by Gasteiger charge is -2.47. The summed E-state index contributed by atoms with van der Waals surface area (Å²) in [4.78, 5) is 24.7. The zero-order chi connectivity index (χ0) is 16.6. The molecule has 0 radical (unpaired) electrons. The van der Waals surface area contributed by atoms with Gasteiger partial charge in [-0.2, -0.15) is 4.57 Å². The van der Waals surface area contributed by atoms with E-state index in [0.29, 0.717) is 17.9 Å². The second-order valence-corrected chi connectivity index (χ2v) is 6.62. The van der Waals surface area contributed by atoms with Gasteiger partial charge in [-0.3, -0.25) is 9.69 Å². The number of halogens is 2. The molecule has 1 saturated heterocycles. The number of allylic oxidation sites excluding steroid dienone is 2. The minimum atomic E-state index is -1.08. The lowest BCUT2D eigenvalue weighted by molar-refractivity contribution is -0.693. The maximum absolute atomic E-state index is 11.9. The first kappa shape index (κ1) is 21.5. The van der Waals surface area contributed by atoms with Crippen molar-refractivity contribution in [2.75, 3.05) is 5.75 Å². The Kier molecular flexibility index (Phi) is 7.49. The van der Waals surface area contributed by atoms with Crippen molar-refractivity contribution in [2.45, 2.75) is 24.9 Å². The number of fused-ring (bicyclic) bond motifs is 1. The molecule has 1 aromatic rings. The molecule has 2 aliphatic rings. The fourth-order valence-electron chi connectivity index (χ4n) is 2.74. The molecule has 2 aliphatic heterocycles. The Morgan fingerprint density at radius 3 is 2.88 bits per heavy atom. The summed E-state index contributed by atoms with van der Waals surface area (Å²) in [6, 6.07) is 5.33. The molecule has 3 N–H and O–H groups in total. The van der Waals surface area contributed by atoms with Crippen molar-refractivity contribution in [1.82, 2.24) is 4.90 Å². The zero-order valence-corrected chi connectivity index (χ0v) is 15.9. The van der Waals surface area contributed by atoms with Gasteiger partial charge in [0.05, 0.1) is 0 Å². The molecule has 0 aromatic carbocycles. The number of hydrogen-bond donors (Lipinski definition) is 2. The Hall–Kier alpha value is -1.54. The highest BCUT2D eigenvalue weighted by molar-refractivity contribution is 8.00. The fraction of sp³-hybridized carbons (Fsp3) is 0.312. The standard InChI is InChI=1S/C16H17N3O3S.2ClH/c1-10-5-2-3-7-18(10)8-4-6-11-9-23-15-12(17)14(20)19(15)13(11)16(21)22;;/h2-7,12,15H,8-9,17H2,1H3;2*1H/b6-4+;;/t12-,15-;;/m1../s1. The van der Waals surface area contributed by atoms with Gasteiger partial charge in [0.25, 0.3) is 0 Å². The van der Waals surface area contributed by atoms with Crippen LogP contribution < -0.4 is 22.7 Å². The van der Waals surface area contributed by atoms with Gasteiger partial charge in [0.1, 0.15) is 17.1 Å². The summed E-state index contributed by atoms with van der Waals surface area (Å²) in [5.74, 6) is -0.865. The van der Waals surface area contributed by atoms with Crippen molar-refractivity contribution in [3.8, 4) is 0 Å². The van der Waals surface area contributed by atoms with Crippen LogP contribution in [0.1, 0.15) is 5.69 Å². The van der Waals surface area contributed by atoms with Crippen molar-refractivity contribution >= 4 is 36.0 Å². The Labute approximate surface area is 162 Å². The van der Waals surface area contributed by atoms with E-state index >= 15 is 0 Å². The maximum Gasteiger partial charge on any atom is 0.352 e. The summed E-state index contributed by atoms with van der Waals surface area (Å²) in [5.41, 5.74) is 7.55. The van der Waals surface area contributed by atoms with Gasteiger partial charge >= 0.3 is 5.97 Å². The number of rotatable bonds is 4. The van der Waals surface area contributed by atoms with E-state index < -0.39 is 12.0 Å². The van der Waals surface area contributed by atoms with Crippen LogP contribution in [0.3, 0.4) is 0 Å². The number of β-lactam (4-membered cyclic amide) rings is 1.